The van der Waals surface area contributed by atoms with Crippen molar-refractivity contribution in [1.29, 1.82) is 0 Å². The third-order valence-electron chi connectivity index (χ3n) is 9.35. The van der Waals surface area contributed by atoms with Crippen molar-refractivity contribution in [2.24, 2.45) is 5.92 Å². The molecule has 0 N–H and O–H groups in total. The highest BCUT2D eigenvalue weighted by Crippen LogP contribution is 2.38. The summed E-state index contributed by atoms with van der Waals surface area (Å²) in [4.78, 5) is 0. The lowest BCUT2D eigenvalue weighted by Gasteiger charge is -2.29. The van der Waals surface area contributed by atoms with Crippen LogP contribution in [0.2, 0.25) is 0 Å². The third-order valence-corrected chi connectivity index (χ3v) is 9.35. The monoisotopic (exact) mass is 558 g/mol. The maximum Gasteiger partial charge on any atom is 0.285 e. The van der Waals surface area contributed by atoms with E-state index in [0.29, 0.717) is 11.5 Å². The van der Waals surface area contributed by atoms with Crippen LogP contribution in [0.5, 0.6) is 5.75 Å². The minimum Gasteiger partial charge on any atom is -0.484 e. The van der Waals surface area contributed by atoms with Crippen molar-refractivity contribution in [3.63, 3.8) is 0 Å². The highest BCUT2D eigenvalue weighted by atomic mass is 19.3. The maximum absolute atomic E-state index is 14.8. The number of hydrogen-bond donors (Lipinski definition) is 0. The third kappa shape index (κ3) is 9.26. The molecule has 0 bridgehead atoms. The zero-order chi connectivity index (χ0) is 28.4. The van der Waals surface area contributed by atoms with Gasteiger partial charge in [-0.25, -0.2) is 13.2 Å². The molecule has 0 unspecified atom stereocenters. The molecule has 2 aliphatic carbocycles. The Balaban J connectivity index is 1.21. The molecule has 0 saturated heterocycles. The first-order valence-corrected chi connectivity index (χ1v) is 15.8. The summed E-state index contributed by atoms with van der Waals surface area (Å²) in [5, 5.41) is 0. The summed E-state index contributed by atoms with van der Waals surface area (Å²) in [6, 6.07) is 12.5. The standard InChI is InChI=1S/C35H49F3O2/c1-3-4-5-6-7-8-26-9-13-28(14-10-26)29-15-11-27(12-16-29)24-35(37,38)25-40-34-22-19-31(23-33(34)36)30-17-20-32(39-2)21-18-30/h11-12,15-16,19,22-23,26,28,30,32H,3-10,13-14,17-18,20-21,24-25H2,1-2H3. The zero-order valence-electron chi connectivity index (χ0n) is 24.6. The van der Waals surface area contributed by atoms with Crippen LogP contribution in [0, 0.1) is 11.7 Å². The second-order valence-corrected chi connectivity index (χ2v) is 12.4. The molecule has 2 nitrogen and oxygen atoms in total. The fourth-order valence-corrected chi connectivity index (χ4v) is 6.78. The average molecular weight is 559 g/mol. The van der Waals surface area contributed by atoms with Gasteiger partial charge in [-0.1, -0.05) is 75.8 Å². The van der Waals surface area contributed by atoms with Gasteiger partial charge in [-0.05, 0) is 97.9 Å². The van der Waals surface area contributed by atoms with Gasteiger partial charge in [0.15, 0.2) is 18.2 Å². The van der Waals surface area contributed by atoms with E-state index >= 15 is 0 Å². The Morgan fingerprint density at radius 3 is 2.05 bits per heavy atom. The van der Waals surface area contributed by atoms with Crippen LogP contribution in [0.4, 0.5) is 13.2 Å². The Hall–Kier alpha value is -2.01. The van der Waals surface area contributed by atoms with E-state index in [2.05, 4.69) is 6.92 Å². The Bertz CT molecular complexity index is 1010. The van der Waals surface area contributed by atoms with Gasteiger partial charge in [0.1, 0.15) is 0 Å². The lowest BCUT2D eigenvalue weighted by atomic mass is 9.77. The minimum absolute atomic E-state index is 0.110. The number of methoxy groups -OCH3 is 1. The fourth-order valence-electron chi connectivity index (χ4n) is 6.78. The molecule has 2 fully saturated rings. The number of unbranched alkanes of at least 4 members (excludes halogenated alkanes) is 4. The van der Waals surface area contributed by atoms with Gasteiger partial charge in [0, 0.05) is 13.5 Å². The molecule has 4 rings (SSSR count). The Morgan fingerprint density at radius 2 is 1.40 bits per heavy atom. The molecule has 0 spiro atoms. The summed E-state index contributed by atoms with van der Waals surface area (Å²) in [6.07, 6.45) is 16.7. The first-order valence-electron chi connectivity index (χ1n) is 15.8. The molecule has 0 aromatic heterocycles. The van der Waals surface area contributed by atoms with E-state index in [0.717, 1.165) is 37.2 Å². The largest absolute Gasteiger partial charge is 0.484 e. The van der Waals surface area contributed by atoms with Gasteiger partial charge < -0.3 is 9.47 Å². The molecular weight excluding hydrogens is 509 g/mol. The summed E-state index contributed by atoms with van der Waals surface area (Å²) in [5.41, 5.74) is 2.75. The normalized spacial score (nSPS) is 23.7. The van der Waals surface area contributed by atoms with Gasteiger partial charge in [0.05, 0.1) is 6.10 Å². The minimum atomic E-state index is -3.08. The van der Waals surface area contributed by atoms with Crippen molar-refractivity contribution in [3.05, 3.63) is 65.0 Å². The Morgan fingerprint density at radius 1 is 0.775 bits per heavy atom. The highest BCUT2D eigenvalue weighted by molar-refractivity contribution is 5.32. The van der Waals surface area contributed by atoms with Crippen molar-refractivity contribution < 1.29 is 22.6 Å². The second-order valence-electron chi connectivity index (χ2n) is 12.4. The number of ether oxygens (including phenoxy) is 2. The number of alkyl halides is 2. The first kappa shape index (κ1) is 30.9. The SMILES string of the molecule is CCCCCCCC1CCC(c2ccc(CC(F)(F)COc3ccc(C4CCC(OC)CC4)cc3F)cc2)CC1. The molecule has 2 saturated carbocycles. The van der Waals surface area contributed by atoms with Crippen molar-refractivity contribution in [2.75, 3.05) is 13.7 Å². The van der Waals surface area contributed by atoms with E-state index < -0.39 is 24.8 Å². The van der Waals surface area contributed by atoms with Crippen LogP contribution < -0.4 is 4.74 Å². The van der Waals surface area contributed by atoms with Crippen molar-refractivity contribution in [3.8, 4) is 5.75 Å². The van der Waals surface area contributed by atoms with Crippen LogP contribution in [0.25, 0.3) is 0 Å². The van der Waals surface area contributed by atoms with Crippen LogP contribution in [-0.2, 0) is 11.2 Å². The smallest absolute Gasteiger partial charge is 0.285 e. The molecule has 0 heterocycles. The molecule has 2 aliphatic rings. The van der Waals surface area contributed by atoms with Crippen molar-refractivity contribution in [2.45, 2.75) is 127 Å². The van der Waals surface area contributed by atoms with Gasteiger partial charge in [-0.3, -0.25) is 0 Å². The van der Waals surface area contributed by atoms with E-state index in [-0.39, 0.29) is 17.8 Å². The van der Waals surface area contributed by atoms with E-state index in [9.17, 15) is 13.2 Å². The van der Waals surface area contributed by atoms with Gasteiger partial charge in [0.2, 0.25) is 0 Å². The van der Waals surface area contributed by atoms with Crippen LogP contribution in [0.15, 0.2) is 42.5 Å². The predicted octanol–water partition coefficient (Wildman–Crippen LogP) is 10.4. The second kappa shape index (κ2) is 15.3. The predicted molar refractivity (Wildman–Crippen MR) is 157 cm³/mol. The number of benzene rings is 2. The number of hydrogen-bond acceptors (Lipinski definition) is 2. The lowest BCUT2D eigenvalue weighted by Crippen LogP contribution is -2.28. The van der Waals surface area contributed by atoms with Gasteiger partial charge in [0.25, 0.3) is 5.92 Å². The van der Waals surface area contributed by atoms with Gasteiger partial charge in [-0.15, -0.1) is 0 Å². The van der Waals surface area contributed by atoms with E-state index in [1.54, 1.807) is 7.11 Å². The van der Waals surface area contributed by atoms with E-state index in [1.165, 1.54) is 81.9 Å². The molecule has 222 valence electrons. The van der Waals surface area contributed by atoms with Crippen LogP contribution in [0.3, 0.4) is 0 Å². The molecular formula is C35H49F3O2. The first-order chi connectivity index (χ1) is 19.4. The van der Waals surface area contributed by atoms with E-state index in [1.807, 2.05) is 30.3 Å². The van der Waals surface area contributed by atoms with Crippen LogP contribution in [-0.4, -0.2) is 25.7 Å². The fraction of sp³-hybridized carbons (Fsp3) is 0.657. The molecule has 5 heteroatoms. The summed E-state index contributed by atoms with van der Waals surface area (Å²) in [5.74, 6) is -2.10. The summed E-state index contributed by atoms with van der Waals surface area (Å²) in [6.45, 7) is 1.42. The summed E-state index contributed by atoms with van der Waals surface area (Å²) in [7, 11) is 1.73. The highest BCUT2D eigenvalue weighted by Gasteiger charge is 2.31. The molecule has 0 aliphatic heterocycles. The van der Waals surface area contributed by atoms with Crippen LogP contribution >= 0.6 is 0 Å². The quantitative estimate of drug-likeness (QED) is 0.215. The Kier molecular flexibility index (Phi) is 11.8. The van der Waals surface area contributed by atoms with Gasteiger partial charge >= 0.3 is 0 Å². The summed E-state index contributed by atoms with van der Waals surface area (Å²) >= 11 is 0. The summed E-state index contributed by atoms with van der Waals surface area (Å²) < 4.78 is 55.0. The van der Waals surface area contributed by atoms with Crippen molar-refractivity contribution >= 4 is 0 Å². The lowest BCUT2D eigenvalue weighted by molar-refractivity contribution is -0.0409. The van der Waals surface area contributed by atoms with Gasteiger partial charge in [-0.2, -0.15) is 0 Å². The average Bonchev–Trinajstić information content (AvgIpc) is 2.97. The van der Waals surface area contributed by atoms with E-state index in [4.69, 9.17) is 9.47 Å². The number of rotatable bonds is 14. The number of halogens is 3. The molecule has 40 heavy (non-hydrogen) atoms. The molecule has 2 aromatic carbocycles. The molecule has 0 atom stereocenters. The van der Waals surface area contributed by atoms with Crippen molar-refractivity contribution in [1.82, 2.24) is 0 Å². The maximum atomic E-state index is 14.8. The zero-order valence-corrected chi connectivity index (χ0v) is 24.6. The van der Waals surface area contributed by atoms with Crippen LogP contribution in [0.1, 0.15) is 125 Å². The molecule has 0 radical (unpaired) electrons. The molecule has 2 aromatic rings. The topological polar surface area (TPSA) is 18.5 Å². The Labute approximate surface area is 240 Å². The molecule has 0 amide bonds.